The summed E-state index contributed by atoms with van der Waals surface area (Å²) in [5, 5.41) is 3.09. The van der Waals surface area contributed by atoms with Crippen molar-refractivity contribution in [1.29, 1.82) is 0 Å². The smallest absolute Gasteiger partial charge is 0.222 e. The standard InChI is InChI=1S/C24H39N3O2/c1-5-15-26(16-6-2)23(29)13-9-12-22(28)25-19-24(3,4)27-17-14-20-10-7-8-11-21(20)18-27/h7-8,10-11H,5-6,9,12-19H2,1-4H3,(H,25,28). The molecule has 5 heteroatoms. The third kappa shape index (κ3) is 7.14. The Morgan fingerprint density at radius 3 is 2.38 bits per heavy atom. The zero-order chi connectivity index (χ0) is 21.3. The van der Waals surface area contributed by atoms with Crippen LogP contribution in [-0.2, 0) is 22.6 Å². The molecular formula is C24H39N3O2. The average Bonchev–Trinajstić information content (AvgIpc) is 2.71. The van der Waals surface area contributed by atoms with Crippen LogP contribution in [0.3, 0.4) is 0 Å². The molecule has 1 heterocycles. The molecule has 0 spiro atoms. The van der Waals surface area contributed by atoms with Crippen molar-refractivity contribution in [2.75, 3.05) is 26.2 Å². The van der Waals surface area contributed by atoms with Crippen LogP contribution >= 0.6 is 0 Å². The van der Waals surface area contributed by atoms with Crippen LogP contribution in [0, 0.1) is 0 Å². The topological polar surface area (TPSA) is 52.7 Å². The van der Waals surface area contributed by atoms with E-state index in [0.717, 1.165) is 45.4 Å². The zero-order valence-corrected chi connectivity index (χ0v) is 18.8. The third-order valence-electron chi connectivity index (χ3n) is 5.84. The van der Waals surface area contributed by atoms with Crippen LogP contribution in [0.15, 0.2) is 24.3 Å². The normalized spacial score (nSPS) is 14.3. The second-order valence-electron chi connectivity index (χ2n) is 8.76. The van der Waals surface area contributed by atoms with Gasteiger partial charge in [0.15, 0.2) is 0 Å². The van der Waals surface area contributed by atoms with Gasteiger partial charge in [0, 0.05) is 51.1 Å². The quantitative estimate of drug-likeness (QED) is 0.614. The fourth-order valence-corrected chi connectivity index (χ4v) is 3.99. The maximum Gasteiger partial charge on any atom is 0.222 e. The molecule has 0 fully saturated rings. The third-order valence-corrected chi connectivity index (χ3v) is 5.84. The number of carbonyl (C=O) groups excluding carboxylic acids is 2. The van der Waals surface area contributed by atoms with Crippen LogP contribution in [0.2, 0.25) is 0 Å². The van der Waals surface area contributed by atoms with Gasteiger partial charge in [-0.15, -0.1) is 0 Å². The molecule has 0 atom stereocenters. The van der Waals surface area contributed by atoms with Crippen molar-refractivity contribution in [2.45, 2.75) is 78.3 Å². The van der Waals surface area contributed by atoms with Gasteiger partial charge in [0.25, 0.3) is 0 Å². The van der Waals surface area contributed by atoms with E-state index in [4.69, 9.17) is 0 Å². The number of hydrogen-bond donors (Lipinski definition) is 1. The molecule has 0 unspecified atom stereocenters. The number of nitrogens with one attached hydrogen (secondary N) is 1. The highest BCUT2D eigenvalue weighted by Crippen LogP contribution is 2.24. The largest absolute Gasteiger partial charge is 0.354 e. The Morgan fingerprint density at radius 2 is 1.72 bits per heavy atom. The van der Waals surface area contributed by atoms with Crippen LogP contribution in [0.4, 0.5) is 0 Å². The van der Waals surface area contributed by atoms with Crippen LogP contribution < -0.4 is 5.32 Å². The van der Waals surface area contributed by atoms with Crippen molar-refractivity contribution in [2.24, 2.45) is 0 Å². The summed E-state index contributed by atoms with van der Waals surface area (Å²) in [6, 6.07) is 8.62. The van der Waals surface area contributed by atoms with Crippen molar-refractivity contribution in [3.63, 3.8) is 0 Å². The van der Waals surface area contributed by atoms with Crippen molar-refractivity contribution >= 4 is 11.8 Å². The van der Waals surface area contributed by atoms with Gasteiger partial charge in [-0.3, -0.25) is 14.5 Å². The molecule has 162 valence electrons. The van der Waals surface area contributed by atoms with Gasteiger partial charge in [0.1, 0.15) is 0 Å². The van der Waals surface area contributed by atoms with Gasteiger partial charge in [0.05, 0.1) is 0 Å². The van der Waals surface area contributed by atoms with E-state index in [1.165, 1.54) is 11.1 Å². The molecule has 1 aliphatic heterocycles. The van der Waals surface area contributed by atoms with Crippen LogP contribution in [-0.4, -0.2) is 53.3 Å². The van der Waals surface area contributed by atoms with E-state index in [1.807, 2.05) is 4.90 Å². The summed E-state index contributed by atoms with van der Waals surface area (Å²) in [5.74, 6) is 0.217. The predicted molar refractivity (Wildman–Crippen MR) is 119 cm³/mol. The minimum atomic E-state index is -0.0991. The minimum absolute atomic E-state index is 0.0424. The molecule has 1 aromatic rings. The van der Waals surface area contributed by atoms with E-state index in [9.17, 15) is 9.59 Å². The monoisotopic (exact) mass is 401 g/mol. The van der Waals surface area contributed by atoms with Gasteiger partial charge in [-0.2, -0.15) is 0 Å². The molecule has 0 aliphatic carbocycles. The minimum Gasteiger partial charge on any atom is -0.354 e. The molecule has 0 saturated heterocycles. The molecule has 29 heavy (non-hydrogen) atoms. The van der Waals surface area contributed by atoms with Gasteiger partial charge in [0.2, 0.25) is 11.8 Å². The fraction of sp³-hybridized carbons (Fsp3) is 0.667. The highest BCUT2D eigenvalue weighted by molar-refractivity contribution is 5.79. The lowest BCUT2D eigenvalue weighted by molar-refractivity contribution is -0.131. The SMILES string of the molecule is CCCN(CCC)C(=O)CCCC(=O)NCC(C)(C)N1CCc2ccccc2C1. The number of fused-ring (bicyclic) bond motifs is 1. The maximum absolute atomic E-state index is 12.3. The zero-order valence-electron chi connectivity index (χ0n) is 18.8. The first-order chi connectivity index (χ1) is 13.9. The van der Waals surface area contributed by atoms with Crippen LogP contribution in [0.1, 0.15) is 70.9 Å². The van der Waals surface area contributed by atoms with Crippen molar-refractivity contribution in [3.05, 3.63) is 35.4 Å². The van der Waals surface area contributed by atoms with E-state index in [-0.39, 0.29) is 17.4 Å². The highest BCUT2D eigenvalue weighted by atomic mass is 16.2. The Labute approximate surface area is 176 Å². The summed E-state index contributed by atoms with van der Waals surface area (Å²) < 4.78 is 0. The number of hydrogen-bond acceptors (Lipinski definition) is 3. The lowest BCUT2D eigenvalue weighted by Gasteiger charge is -2.41. The number of rotatable bonds is 11. The van der Waals surface area contributed by atoms with Crippen molar-refractivity contribution in [3.8, 4) is 0 Å². The molecule has 0 aromatic heterocycles. The predicted octanol–water partition coefficient (Wildman–Crippen LogP) is 3.76. The molecule has 5 nitrogen and oxygen atoms in total. The first kappa shape index (κ1) is 23.4. The second-order valence-corrected chi connectivity index (χ2v) is 8.76. The Morgan fingerprint density at radius 1 is 1.07 bits per heavy atom. The summed E-state index contributed by atoms with van der Waals surface area (Å²) in [6.07, 6.45) is 4.49. The summed E-state index contributed by atoms with van der Waals surface area (Å²) in [5.41, 5.74) is 2.73. The fourth-order valence-electron chi connectivity index (χ4n) is 3.99. The lowest BCUT2D eigenvalue weighted by Crippen LogP contribution is -2.53. The molecule has 1 aliphatic rings. The molecule has 2 rings (SSSR count). The highest BCUT2D eigenvalue weighted by Gasteiger charge is 2.30. The molecular weight excluding hydrogens is 362 g/mol. The van der Waals surface area contributed by atoms with Gasteiger partial charge in [-0.25, -0.2) is 0 Å². The molecule has 0 bridgehead atoms. The van der Waals surface area contributed by atoms with Gasteiger partial charge >= 0.3 is 0 Å². The van der Waals surface area contributed by atoms with Crippen LogP contribution in [0.5, 0.6) is 0 Å². The Hall–Kier alpha value is -1.88. The molecule has 0 saturated carbocycles. The molecule has 0 radical (unpaired) electrons. The lowest BCUT2D eigenvalue weighted by atomic mass is 9.94. The Bertz CT molecular complexity index is 666. The van der Waals surface area contributed by atoms with Crippen molar-refractivity contribution < 1.29 is 9.59 Å². The van der Waals surface area contributed by atoms with E-state index in [0.29, 0.717) is 25.8 Å². The number of amides is 2. The van der Waals surface area contributed by atoms with E-state index < -0.39 is 0 Å². The van der Waals surface area contributed by atoms with E-state index in [2.05, 4.69) is 62.2 Å². The Kier molecular flexibility index (Phi) is 9.15. The molecule has 1 N–H and O–H groups in total. The van der Waals surface area contributed by atoms with Crippen molar-refractivity contribution in [1.82, 2.24) is 15.1 Å². The first-order valence-electron chi connectivity index (χ1n) is 11.2. The average molecular weight is 402 g/mol. The Balaban J connectivity index is 1.73. The van der Waals surface area contributed by atoms with Gasteiger partial charge < -0.3 is 10.2 Å². The number of benzene rings is 1. The van der Waals surface area contributed by atoms with Gasteiger partial charge in [-0.05, 0) is 50.7 Å². The summed E-state index contributed by atoms with van der Waals surface area (Å²) in [7, 11) is 0. The summed E-state index contributed by atoms with van der Waals surface area (Å²) >= 11 is 0. The summed E-state index contributed by atoms with van der Waals surface area (Å²) in [4.78, 5) is 29.0. The van der Waals surface area contributed by atoms with Crippen LogP contribution in [0.25, 0.3) is 0 Å². The molecule has 2 amide bonds. The number of carbonyl (C=O) groups is 2. The van der Waals surface area contributed by atoms with E-state index in [1.54, 1.807) is 0 Å². The van der Waals surface area contributed by atoms with E-state index >= 15 is 0 Å². The summed E-state index contributed by atoms with van der Waals surface area (Å²) in [6.45, 7) is 12.8. The molecule has 1 aromatic carbocycles. The second kappa shape index (κ2) is 11.3. The number of nitrogens with zero attached hydrogens (tertiary/aromatic N) is 2. The van der Waals surface area contributed by atoms with Gasteiger partial charge in [-0.1, -0.05) is 38.1 Å². The first-order valence-corrected chi connectivity index (χ1v) is 11.2. The maximum atomic E-state index is 12.3.